The molecule has 0 spiro atoms. The summed E-state index contributed by atoms with van der Waals surface area (Å²) in [6.45, 7) is 6.65. The fraction of sp³-hybridized carbons (Fsp3) is 0.300. The number of nitrogens with zero attached hydrogens (tertiary/aromatic N) is 4. The molecular formula is C20H24N6O3. The van der Waals surface area contributed by atoms with Gasteiger partial charge in [0.25, 0.3) is 11.8 Å². The molecule has 1 aromatic carbocycles. The zero-order chi connectivity index (χ0) is 21.0. The van der Waals surface area contributed by atoms with E-state index in [4.69, 9.17) is 4.74 Å². The molecule has 0 saturated heterocycles. The van der Waals surface area contributed by atoms with Crippen molar-refractivity contribution in [2.24, 2.45) is 0 Å². The van der Waals surface area contributed by atoms with E-state index < -0.39 is 5.91 Å². The summed E-state index contributed by atoms with van der Waals surface area (Å²) in [5.41, 5.74) is 2.92. The van der Waals surface area contributed by atoms with Crippen LogP contribution < -0.4 is 15.4 Å². The second-order valence-electron chi connectivity index (χ2n) is 6.62. The minimum atomic E-state index is -0.434. The van der Waals surface area contributed by atoms with Crippen molar-refractivity contribution in [1.82, 2.24) is 24.9 Å². The van der Waals surface area contributed by atoms with E-state index in [2.05, 4.69) is 26.9 Å². The first-order valence-electron chi connectivity index (χ1n) is 9.25. The average Bonchev–Trinajstić information content (AvgIpc) is 3.32. The molecular weight excluding hydrogens is 372 g/mol. The lowest BCUT2D eigenvalue weighted by atomic mass is 10.1. The van der Waals surface area contributed by atoms with E-state index in [0.29, 0.717) is 12.2 Å². The largest absolute Gasteiger partial charge is 0.471 e. The average molecular weight is 396 g/mol. The Hall–Kier alpha value is -3.62. The van der Waals surface area contributed by atoms with Crippen molar-refractivity contribution in [3.05, 3.63) is 59.2 Å². The third-order valence-electron chi connectivity index (χ3n) is 4.21. The highest BCUT2D eigenvalue weighted by atomic mass is 16.5. The fourth-order valence-electron chi connectivity index (χ4n) is 2.86. The number of carbonyl (C=O) groups is 2. The van der Waals surface area contributed by atoms with E-state index in [1.165, 1.54) is 11.7 Å². The number of aryl methyl sites for hydroxylation is 3. The van der Waals surface area contributed by atoms with Crippen molar-refractivity contribution in [3.63, 3.8) is 0 Å². The summed E-state index contributed by atoms with van der Waals surface area (Å²) in [4.78, 5) is 24.5. The van der Waals surface area contributed by atoms with Crippen LogP contribution in [0.2, 0.25) is 0 Å². The number of hydrogen-bond acceptors (Lipinski definition) is 5. The summed E-state index contributed by atoms with van der Waals surface area (Å²) in [7, 11) is 1.51. The van der Waals surface area contributed by atoms with Gasteiger partial charge in [0.15, 0.2) is 18.1 Å². The quantitative estimate of drug-likeness (QED) is 0.638. The minimum Gasteiger partial charge on any atom is -0.471 e. The number of aromatic nitrogens is 4. The normalized spacial score (nSPS) is 10.6. The first-order chi connectivity index (χ1) is 13.9. The Morgan fingerprint density at radius 1 is 1.07 bits per heavy atom. The molecule has 2 amide bonds. The summed E-state index contributed by atoms with van der Waals surface area (Å²) in [5.74, 6) is -0.0676. The highest BCUT2D eigenvalue weighted by molar-refractivity contribution is 6.07. The summed E-state index contributed by atoms with van der Waals surface area (Å²) >= 11 is 0. The molecule has 0 fully saturated rings. The van der Waals surface area contributed by atoms with Gasteiger partial charge in [-0.3, -0.25) is 14.3 Å². The summed E-state index contributed by atoms with van der Waals surface area (Å²) in [5, 5.41) is 13.6. The molecule has 2 heterocycles. The minimum absolute atomic E-state index is 0.153. The zero-order valence-corrected chi connectivity index (χ0v) is 16.9. The van der Waals surface area contributed by atoms with Gasteiger partial charge in [-0.2, -0.15) is 10.2 Å². The van der Waals surface area contributed by atoms with Crippen molar-refractivity contribution in [2.45, 2.75) is 34.0 Å². The Morgan fingerprint density at radius 3 is 2.45 bits per heavy atom. The van der Waals surface area contributed by atoms with E-state index in [0.717, 1.165) is 16.9 Å². The Labute approximate surface area is 168 Å². The molecule has 0 aliphatic rings. The predicted octanol–water partition coefficient (Wildman–Crippen LogP) is 2.36. The van der Waals surface area contributed by atoms with Crippen molar-refractivity contribution in [1.29, 1.82) is 0 Å². The molecule has 0 radical (unpaired) electrons. The van der Waals surface area contributed by atoms with Gasteiger partial charge in [-0.25, -0.2) is 4.68 Å². The number of hydrogen-bond donors (Lipinski definition) is 2. The van der Waals surface area contributed by atoms with Crippen LogP contribution in [-0.4, -0.2) is 38.4 Å². The number of carbonyl (C=O) groups excluding carboxylic acids is 2. The van der Waals surface area contributed by atoms with E-state index in [-0.39, 0.29) is 24.0 Å². The topological polar surface area (TPSA) is 103 Å². The number of nitrogens with one attached hydrogen (secondary N) is 2. The Balaban J connectivity index is 1.68. The van der Waals surface area contributed by atoms with E-state index >= 15 is 0 Å². The van der Waals surface area contributed by atoms with Crippen LogP contribution in [0.1, 0.15) is 39.0 Å². The fourth-order valence-corrected chi connectivity index (χ4v) is 2.86. The predicted molar refractivity (Wildman–Crippen MR) is 108 cm³/mol. The smallest absolute Gasteiger partial charge is 0.276 e. The Kier molecular flexibility index (Phi) is 5.96. The standard InChI is InChI=1S/C20H24N6O3/c1-5-25-11-17(18(24-25)20(28)21-4)22-19(27)16-6-7-26(23-16)12-29-15-9-13(2)8-14(3)10-15/h6-11H,5,12H2,1-4H3,(H,21,28)(H,22,27). The van der Waals surface area contributed by atoms with Crippen LogP contribution in [0.15, 0.2) is 36.7 Å². The first kappa shape index (κ1) is 20.1. The van der Waals surface area contributed by atoms with Gasteiger partial charge in [-0.15, -0.1) is 0 Å². The lowest BCUT2D eigenvalue weighted by Gasteiger charge is -2.08. The maximum atomic E-state index is 12.6. The molecule has 2 N–H and O–H groups in total. The molecule has 3 aromatic rings. The van der Waals surface area contributed by atoms with Crippen LogP contribution in [0.5, 0.6) is 5.75 Å². The number of anilines is 1. The van der Waals surface area contributed by atoms with Gasteiger partial charge in [-0.1, -0.05) is 6.07 Å². The molecule has 9 heteroatoms. The molecule has 3 rings (SSSR count). The Bertz CT molecular complexity index is 1020. The zero-order valence-electron chi connectivity index (χ0n) is 16.9. The van der Waals surface area contributed by atoms with E-state index in [1.54, 1.807) is 23.1 Å². The monoisotopic (exact) mass is 396 g/mol. The first-order valence-corrected chi connectivity index (χ1v) is 9.25. The maximum absolute atomic E-state index is 12.6. The number of amides is 2. The van der Waals surface area contributed by atoms with Crippen LogP contribution in [-0.2, 0) is 13.3 Å². The van der Waals surface area contributed by atoms with E-state index in [1.807, 2.05) is 32.9 Å². The number of ether oxygens (including phenoxy) is 1. The maximum Gasteiger partial charge on any atom is 0.276 e. The summed E-state index contributed by atoms with van der Waals surface area (Å²) in [6, 6.07) is 7.53. The highest BCUT2D eigenvalue weighted by Crippen LogP contribution is 2.17. The lowest BCUT2D eigenvalue weighted by molar-refractivity contribution is 0.0958. The van der Waals surface area contributed by atoms with Crippen LogP contribution in [0, 0.1) is 13.8 Å². The van der Waals surface area contributed by atoms with Gasteiger partial charge in [0.05, 0.1) is 5.69 Å². The van der Waals surface area contributed by atoms with Gasteiger partial charge in [-0.05, 0) is 50.1 Å². The lowest BCUT2D eigenvalue weighted by Crippen LogP contribution is -2.22. The molecule has 0 atom stereocenters. The molecule has 0 aliphatic carbocycles. The van der Waals surface area contributed by atoms with Crippen molar-refractivity contribution < 1.29 is 14.3 Å². The van der Waals surface area contributed by atoms with E-state index in [9.17, 15) is 9.59 Å². The van der Waals surface area contributed by atoms with Crippen LogP contribution in [0.25, 0.3) is 0 Å². The van der Waals surface area contributed by atoms with Crippen LogP contribution >= 0.6 is 0 Å². The summed E-state index contributed by atoms with van der Waals surface area (Å²) in [6.07, 6.45) is 3.27. The SMILES string of the molecule is CCn1cc(NC(=O)c2ccn(COc3cc(C)cc(C)c3)n2)c(C(=O)NC)n1. The van der Waals surface area contributed by atoms with Gasteiger partial charge >= 0.3 is 0 Å². The molecule has 0 unspecified atom stereocenters. The molecule has 2 aromatic heterocycles. The molecule has 0 saturated carbocycles. The van der Waals surface area contributed by atoms with Crippen LogP contribution in [0.3, 0.4) is 0 Å². The Morgan fingerprint density at radius 2 is 1.79 bits per heavy atom. The van der Waals surface area contributed by atoms with Crippen molar-refractivity contribution in [2.75, 3.05) is 12.4 Å². The number of rotatable bonds is 7. The van der Waals surface area contributed by atoms with Gasteiger partial charge < -0.3 is 15.4 Å². The third-order valence-corrected chi connectivity index (χ3v) is 4.21. The third kappa shape index (κ3) is 4.81. The number of benzene rings is 1. The van der Waals surface area contributed by atoms with Crippen LogP contribution in [0.4, 0.5) is 5.69 Å². The van der Waals surface area contributed by atoms with Crippen molar-refractivity contribution in [3.8, 4) is 5.75 Å². The molecule has 9 nitrogen and oxygen atoms in total. The van der Waals surface area contributed by atoms with Crippen molar-refractivity contribution >= 4 is 17.5 Å². The molecule has 152 valence electrons. The van der Waals surface area contributed by atoms with Gasteiger partial charge in [0, 0.05) is 26.0 Å². The molecule has 29 heavy (non-hydrogen) atoms. The van der Waals surface area contributed by atoms with Gasteiger partial charge in [0.2, 0.25) is 0 Å². The molecule has 0 aliphatic heterocycles. The second-order valence-corrected chi connectivity index (χ2v) is 6.62. The second kappa shape index (κ2) is 8.59. The van der Waals surface area contributed by atoms with Gasteiger partial charge in [0.1, 0.15) is 5.75 Å². The summed E-state index contributed by atoms with van der Waals surface area (Å²) < 4.78 is 8.86. The molecule has 0 bridgehead atoms. The highest BCUT2D eigenvalue weighted by Gasteiger charge is 2.19.